The third kappa shape index (κ3) is 3.29. The Hall–Kier alpha value is -1.60. The van der Waals surface area contributed by atoms with Crippen LogP contribution in [0.3, 0.4) is 0 Å². The van der Waals surface area contributed by atoms with Gasteiger partial charge in [-0.05, 0) is 18.4 Å². The molecule has 1 fully saturated rings. The van der Waals surface area contributed by atoms with E-state index in [0.29, 0.717) is 13.2 Å². The Morgan fingerprint density at radius 2 is 2.15 bits per heavy atom. The Bertz CT molecular complexity index is 469. The third-order valence-corrected chi connectivity index (χ3v) is 4.48. The van der Waals surface area contributed by atoms with Gasteiger partial charge in [-0.2, -0.15) is 0 Å². The molecule has 0 aliphatic carbocycles. The summed E-state index contributed by atoms with van der Waals surface area (Å²) < 4.78 is 5.16. The van der Waals surface area contributed by atoms with Crippen LogP contribution in [0.25, 0.3) is 0 Å². The second-order valence-corrected chi connectivity index (χ2v) is 5.81. The number of nitrogens with one attached hydrogen (secondary N) is 2. The minimum absolute atomic E-state index is 0.152. The molecule has 0 aromatic carbocycles. The standard InChI is InChI=1S/C13H18N2O4S/c1-9(10-3-2-8-20-10)14-12(18)15-13(11(16)17)4-6-19-7-5-13/h2-3,8-9H,4-7H2,1H3,(H,16,17)(H2,14,15,18). The molecule has 0 spiro atoms. The lowest BCUT2D eigenvalue weighted by Gasteiger charge is -2.34. The highest BCUT2D eigenvalue weighted by Gasteiger charge is 2.41. The van der Waals surface area contributed by atoms with Gasteiger partial charge in [0.05, 0.1) is 6.04 Å². The molecule has 6 nitrogen and oxygen atoms in total. The maximum atomic E-state index is 12.0. The first-order chi connectivity index (χ1) is 9.53. The van der Waals surface area contributed by atoms with E-state index >= 15 is 0 Å². The fourth-order valence-corrected chi connectivity index (χ4v) is 2.91. The molecule has 20 heavy (non-hydrogen) atoms. The normalized spacial score (nSPS) is 19.1. The van der Waals surface area contributed by atoms with Crippen LogP contribution in [0.1, 0.15) is 30.7 Å². The smallest absolute Gasteiger partial charge is 0.329 e. The van der Waals surface area contributed by atoms with Gasteiger partial charge in [-0.25, -0.2) is 9.59 Å². The number of thiophene rings is 1. The highest BCUT2D eigenvalue weighted by atomic mass is 32.1. The molecule has 0 bridgehead atoms. The lowest BCUT2D eigenvalue weighted by molar-refractivity contribution is -0.148. The zero-order chi connectivity index (χ0) is 14.6. The third-order valence-electron chi connectivity index (χ3n) is 3.43. The fraction of sp³-hybridized carbons (Fsp3) is 0.538. The van der Waals surface area contributed by atoms with Crippen molar-refractivity contribution in [1.29, 1.82) is 0 Å². The Morgan fingerprint density at radius 3 is 2.70 bits per heavy atom. The molecule has 1 unspecified atom stereocenters. The number of rotatable bonds is 4. The summed E-state index contributed by atoms with van der Waals surface area (Å²) in [5, 5.41) is 16.7. The van der Waals surface area contributed by atoms with Crippen LogP contribution in [-0.2, 0) is 9.53 Å². The fourth-order valence-electron chi connectivity index (χ4n) is 2.17. The van der Waals surface area contributed by atoms with Crippen LogP contribution in [0.4, 0.5) is 4.79 Å². The molecule has 1 aromatic rings. The summed E-state index contributed by atoms with van der Waals surface area (Å²) in [7, 11) is 0. The van der Waals surface area contributed by atoms with Gasteiger partial charge in [-0.3, -0.25) is 0 Å². The predicted molar refractivity (Wildman–Crippen MR) is 74.8 cm³/mol. The number of hydrogen-bond donors (Lipinski definition) is 3. The van der Waals surface area contributed by atoms with Crippen molar-refractivity contribution < 1.29 is 19.4 Å². The number of ether oxygens (including phenoxy) is 1. The summed E-state index contributed by atoms with van der Waals surface area (Å²) in [4.78, 5) is 24.5. The van der Waals surface area contributed by atoms with Gasteiger partial charge in [0.1, 0.15) is 5.54 Å². The minimum atomic E-state index is -1.22. The topological polar surface area (TPSA) is 87.7 Å². The Kier molecular flexibility index (Phi) is 4.61. The van der Waals surface area contributed by atoms with Gasteiger partial charge in [0.15, 0.2) is 0 Å². The Labute approximate surface area is 121 Å². The van der Waals surface area contributed by atoms with E-state index in [9.17, 15) is 14.7 Å². The van der Waals surface area contributed by atoms with Crippen LogP contribution in [-0.4, -0.2) is 35.9 Å². The van der Waals surface area contributed by atoms with Crippen LogP contribution in [0.15, 0.2) is 17.5 Å². The predicted octanol–water partition coefficient (Wildman–Crippen LogP) is 1.74. The Morgan fingerprint density at radius 1 is 1.45 bits per heavy atom. The largest absolute Gasteiger partial charge is 0.480 e. The van der Waals surface area contributed by atoms with E-state index in [4.69, 9.17) is 4.74 Å². The number of carboxylic acids is 1. The molecule has 7 heteroatoms. The SMILES string of the molecule is CC(NC(=O)NC1(C(=O)O)CCOCC1)c1cccs1. The molecule has 0 radical (unpaired) electrons. The van der Waals surface area contributed by atoms with E-state index < -0.39 is 17.5 Å². The summed E-state index contributed by atoms with van der Waals surface area (Å²) in [6.07, 6.45) is 0.562. The van der Waals surface area contributed by atoms with Crippen molar-refractivity contribution in [2.24, 2.45) is 0 Å². The van der Waals surface area contributed by atoms with Gasteiger partial charge in [-0.1, -0.05) is 6.07 Å². The molecule has 0 saturated carbocycles. The number of urea groups is 1. The van der Waals surface area contributed by atoms with Crippen molar-refractivity contribution >= 4 is 23.3 Å². The number of carboxylic acid groups (broad SMARTS) is 1. The van der Waals surface area contributed by atoms with Crippen LogP contribution < -0.4 is 10.6 Å². The van der Waals surface area contributed by atoms with Crippen LogP contribution in [0.5, 0.6) is 0 Å². The zero-order valence-corrected chi connectivity index (χ0v) is 12.0. The van der Waals surface area contributed by atoms with E-state index in [0.717, 1.165) is 4.88 Å². The molecule has 1 saturated heterocycles. The molecular formula is C13H18N2O4S. The lowest BCUT2D eigenvalue weighted by Crippen LogP contribution is -2.59. The van der Waals surface area contributed by atoms with E-state index in [1.807, 2.05) is 24.4 Å². The average molecular weight is 298 g/mol. The summed E-state index contributed by atoms with van der Waals surface area (Å²) >= 11 is 1.55. The van der Waals surface area contributed by atoms with Crippen LogP contribution in [0.2, 0.25) is 0 Å². The monoisotopic (exact) mass is 298 g/mol. The molecule has 1 atom stereocenters. The molecule has 2 rings (SSSR count). The second-order valence-electron chi connectivity index (χ2n) is 4.84. The first kappa shape index (κ1) is 14.8. The number of hydrogen-bond acceptors (Lipinski definition) is 4. The molecule has 3 N–H and O–H groups in total. The van der Waals surface area contributed by atoms with Crippen LogP contribution in [0, 0.1) is 0 Å². The molecule has 1 aliphatic heterocycles. The maximum absolute atomic E-state index is 12.0. The summed E-state index contributed by atoms with van der Waals surface area (Å²) in [6.45, 7) is 2.54. The molecule has 1 aromatic heterocycles. The maximum Gasteiger partial charge on any atom is 0.329 e. The molecule has 1 aliphatic rings. The Balaban J connectivity index is 1.97. The second kappa shape index (κ2) is 6.23. The average Bonchev–Trinajstić information content (AvgIpc) is 2.93. The van der Waals surface area contributed by atoms with Gasteiger partial charge >= 0.3 is 12.0 Å². The molecule has 110 valence electrons. The summed E-state index contributed by atoms with van der Waals surface area (Å²) in [5.41, 5.74) is -1.22. The van der Waals surface area contributed by atoms with Crippen molar-refractivity contribution in [3.63, 3.8) is 0 Å². The van der Waals surface area contributed by atoms with Gasteiger partial charge < -0.3 is 20.5 Å². The van der Waals surface area contributed by atoms with Gasteiger partial charge in [0.2, 0.25) is 0 Å². The van der Waals surface area contributed by atoms with Crippen molar-refractivity contribution in [2.45, 2.75) is 31.3 Å². The first-order valence-corrected chi connectivity index (χ1v) is 7.35. The van der Waals surface area contributed by atoms with Gasteiger partial charge in [0, 0.05) is 30.9 Å². The number of amides is 2. The summed E-state index contributed by atoms with van der Waals surface area (Å²) in [6, 6.07) is 3.22. The first-order valence-electron chi connectivity index (χ1n) is 6.47. The van der Waals surface area contributed by atoms with Gasteiger partial charge in [0.25, 0.3) is 0 Å². The number of aliphatic carboxylic acids is 1. The quantitative estimate of drug-likeness (QED) is 0.790. The van der Waals surface area contributed by atoms with Crippen molar-refractivity contribution in [3.8, 4) is 0 Å². The minimum Gasteiger partial charge on any atom is -0.480 e. The zero-order valence-electron chi connectivity index (χ0n) is 11.2. The van der Waals surface area contributed by atoms with Crippen molar-refractivity contribution in [3.05, 3.63) is 22.4 Å². The van der Waals surface area contributed by atoms with E-state index in [1.54, 1.807) is 11.3 Å². The molecule has 2 heterocycles. The number of carbonyl (C=O) groups is 2. The van der Waals surface area contributed by atoms with Gasteiger partial charge in [-0.15, -0.1) is 11.3 Å². The highest BCUT2D eigenvalue weighted by Crippen LogP contribution is 2.22. The number of carbonyl (C=O) groups excluding carboxylic acids is 1. The van der Waals surface area contributed by atoms with E-state index in [2.05, 4.69) is 10.6 Å². The summed E-state index contributed by atoms with van der Waals surface area (Å²) in [5.74, 6) is -1.01. The molecular weight excluding hydrogens is 280 g/mol. The van der Waals surface area contributed by atoms with E-state index in [1.165, 1.54) is 0 Å². The van der Waals surface area contributed by atoms with Crippen molar-refractivity contribution in [1.82, 2.24) is 10.6 Å². The lowest BCUT2D eigenvalue weighted by atomic mass is 9.90. The highest BCUT2D eigenvalue weighted by molar-refractivity contribution is 7.10. The van der Waals surface area contributed by atoms with Crippen LogP contribution >= 0.6 is 11.3 Å². The van der Waals surface area contributed by atoms with E-state index in [-0.39, 0.29) is 18.9 Å². The van der Waals surface area contributed by atoms with Crippen molar-refractivity contribution in [2.75, 3.05) is 13.2 Å². The molecule has 2 amide bonds.